The fraction of sp³-hybridized carbons (Fsp3) is 0.235. The van der Waals surface area contributed by atoms with Gasteiger partial charge in [0.25, 0.3) is 0 Å². The minimum absolute atomic E-state index is 0.0720. The van der Waals surface area contributed by atoms with Gasteiger partial charge in [0.05, 0.1) is 22.6 Å². The molecule has 0 aliphatic rings. The number of rotatable bonds is 7. The molecular weight excluding hydrogens is 350 g/mol. The lowest BCUT2D eigenvalue weighted by molar-refractivity contribution is -0.0506. The SMILES string of the molecule is CC[C@H](NS(=O)(=O)c1cccc(C#N)c1)c1ccccc1OC(F)F. The van der Waals surface area contributed by atoms with Crippen molar-refractivity contribution in [3.63, 3.8) is 0 Å². The second-order valence-corrected chi connectivity index (χ2v) is 6.85. The Morgan fingerprint density at radius 1 is 1.20 bits per heavy atom. The Morgan fingerprint density at radius 2 is 1.92 bits per heavy atom. The Morgan fingerprint density at radius 3 is 2.56 bits per heavy atom. The van der Waals surface area contributed by atoms with Crippen LogP contribution in [0, 0.1) is 11.3 Å². The summed E-state index contributed by atoms with van der Waals surface area (Å²) in [6.07, 6.45) is 0.320. The van der Waals surface area contributed by atoms with Crippen LogP contribution in [0.15, 0.2) is 53.4 Å². The van der Waals surface area contributed by atoms with Gasteiger partial charge < -0.3 is 4.74 Å². The number of sulfonamides is 1. The summed E-state index contributed by atoms with van der Waals surface area (Å²) < 4.78 is 57.2. The molecule has 1 atom stereocenters. The van der Waals surface area contributed by atoms with Gasteiger partial charge >= 0.3 is 6.61 Å². The number of hydrogen-bond donors (Lipinski definition) is 1. The first-order chi connectivity index (χ1) is 11.9. The summed E-state index contributed by atoms with van der Waals surface area (Å²) in [6.45, 7) is -1.29. The number of nitriles is 1. The molecule has 5 nitrogen and oxygen atoms in total. The number of alkyl halides is 2. The van der Waals surface area contributed by atoms with Crippen LogP contribution in [0.2, 0.25) is 0 Å². The molecule has 0 fully saturated rings. The molecule has 0 unspecified atom stereocenters. The first kappa shape index (κ1) is 18.8. The third kappa shape index (κ3) is 4.75. The maximum atomic E-state index is 12.6. The molecule has 0 aliphatic heterocycles. The van der Waals surface area contributed by atoms with Gasteiger partial charge in [-0.1, -0.05) is 31.2 Å². The summed E-state index contributed by atoms with van der Waals surface area (Å²) in [5.74, 6) is -0.0853. The monoisotopic (exact) mass is 366 g/mol. The average molecular weight is 366 g/mol. The minimum Gasteiger partial charge on any atom is -0.434 e. The van der Waals surface area contributed by atoms with E-state index in [2.05, 4.69) is 9.46 Å². The van der Waals surface area contributed by atoms with Gasteiger partial charge in [0, 0.05) is 5.56 Å². The molecule has 0 saturated heterocycles. The lowest BCUT2D eigenvalue weighted by Crippen LogP contribution is -2.29. The molecule has 0 saturated carbocycles. The molecule has 0 spiro atoms. The number of hydrogen-bond acceptors (Lipinski definition) is 4. The molecule has 0 aliphatic carbocycles. The first-order valence-corrected chi connectivity index (χ1v) is 8.92. The fourth-order valence-electron chi connectivity index (χ4n) is 2.33. The highest BCUT2D eigenvalue weighted by Gasteiger charge is 2.23. The van der Waals surface area contributed by atoms with Gasteiger partial charge in [-0.2, -0.15) is 14.0 Å². The van der Waals surface area contributed by atoms with Crippen LogP contribution in [0.5, 0.6) is 5.75 Å². The maximum Gasteiger partial charge on any atom is 0.387 e. The molecule has 8 heteroatoms. The quantitative estimate of drug-likeness (QED) is 0.812. The largest absolute Gasteiger partial charge is 0.434 e. The van der Waals surface area contributed by atoms with Gasteiger partial charge in [-0.25, -0.2) is 13.1 Å². The highest BCUT2D eigenvalue weighted by atomic mass is 32.2. The number of nitrogens with one attached hydrogen (secondary N) is 1. The number of para-hydroxylation sites is 1. The molecule has 0 bridgehead atoms. The van der Waals surface area contributed by atoms with E-state index in [1.807, 2.05) is 6.07 Å². The summed E-state index contributed by atoms with van der Waals surface area (Å²) >= 11 is 0. The Bertz CT molecular complexity index is 879. The topological polar surface area (TPSA) is 79.2 Å². The van der Waals surface area contributed by atoms with Gasteiger partial charge in [0.2, 0.25) is 10.0 Å². The lowest BCUT2D eigenvalue weighted by Gasteiger charge is -2.20. The van der Waals surface area contributed by atoms with Gasteiger partial charge in [-0.05, 0) is 30.7 Å². The highest BCUT2D eigenvalue weighted by Crippen LogP contribution is 2.29. The van der Waals surface area contributed by atoms with E-state index >= 15 is 0 Å². The van der Waals surface area contributed by atoms with Crippen LogP contribution < -0.4 is 9.46 Å². The van der Waals surface area contributed by atoms with E-state index < -0.39 is 22.7 Å². The van der Waals surface area contributed by atoms with E-state index in [0.29, 0.717) is 12.0 Å². The summed E-state index contributed by atoms with van der Waals surface area (Å²) in [7, 11) is -3.94. The summed E-state index contributed by atoms with van der Waals surface area (Å²) in [6, 6.07) is 12.7. The van der Waals surface area contributed by atoms with Gasteiger partial charge in [-0.3, -0.25) is 0 Å². The van der Waals surface area contributed by atoms with Crippen LogP contribution in [0.1, 0.15) is 30.5 Å². The van der Waals surface area contributed by atoms with Gasteiger partial charge in [-0.15, -0.1) is 0 Å². The zero-order valence-corrected chi connectivity index (χ0v) is 14.1. The number of halogens is 2. The molecule has 0 amide bonds. The predicted octanol–water partition coefficient (Wildman–Crippen LogP) is 3.59. The highest BCUT2D eigenvalue weighted by molar-refractivity contribution is 7.89. The van der Waals surface area contributed by atoms with E-state index in [-0.39, 0.29) is 16.2 Å². The van der Waals surface area contributed by atoms with E-state index in [4.69, 9.17) is 5.26 Å². The lowest BCUT2D eigenvalue weighted by atomic mass is 10.0. The molecule has 2 aromatic rings. The third-order valence-electron chi connectivity index (χ3n) is 3.49. The molecule has 0 aromatic heterocycles. The zero-order chi connectivity index (χ0) is 18.4. The van der Waals surface area contributed by atoms with Crippen LogP contribution in [0.3, 0.4) is 0 Å². The zero-order valence-electron chi connectivity index (χ0n) is 13.3. The smallest absolute Gasteiger partial charge is 0.387 e. The van der Waals surface area contributed by atoms with Crippen LogP contribution in [-0.2, 0) is 10.0 Å². The summed E-state index contributed by atoms with van der Waals surface area (Å²) in [5.41, 5.74) is 0.516. The minimum atomic E-state index is -3.94. The Balaban J connectivity index is 2.35. The molecule has 25 heavy (non-hydrogen) atoms. The van der Waals surface area contributed by atoms with Gasteiger partial charge in [0.15, 0.2) is 0 Å². The average Bonchev–Trinajstić information content (AvgIpc) is 2.60. The molecular formula is C17H16F2N2O3S. The second kappa shape index (κ2) is 8.05. The van der Waals surface area contributed by atoms with Crippen molar-refractivity contribution in [2.24, 2.45) is 0 Å². The standard InChI is InChI=1S/C17H16F2N2O3S/c1-2-15(14-8-3-4-9-16(14)24-17(18)19)21-25(22,23)13-7-5-6-12(10-13)11-20/h3-10,15,17,21H,2H2,1H3/t15-/m0/s1. The summed E-state index contributed by atoms with van der Waals surface area (Å²) in [4.78, 5) is -0.0720. The Kier molecular flexibility index (Phi) is 6.07. The van der Waals surface area contributed by atoms with Crippen LogP contribution >= 0.6 is 0 Å². The maximum absolute atomic E-state index is 12.6. The predicted molar refractivity (Wildman–Crippen MR) is 87.6 cm³/mol. The Labute approximate surface area is 144 Å². The molecule has 1 N–H and O–H groups in total. The van der Waals surface area contributed by atoms with Crippen molar-refractivity contribution in [3.8, 4) is 11.8 Å². The van der Waals surface area contributed by atoms with Crippen molar-refractivity contribution in [2.75, 3.05) is 0 Å². The third-order valence-corrected chi connectivity index (χ3v) is 4.96. The molecule has 2 rings (SSSR count). The van der Waals surface area contributed by atoms with Crippen molar-refractivity contribution in [1.29, 1.82) is 5.26 Å². The van der Waals surface area contributed by atoms with E-state index in [0.717, 1.165) is 0 Å². The molecule has 132 valence electrons. The second-order valence-electron chi connectivity index (χ2n) is 5.14. The van der Waals surface area contributed by atoms with Crippen LogP contribution in [0.25, 0.3) is 0 Å². The van der Waals surface area contributed by atoms with Crippen LogP contribution in [0.4, 0.5) is 8.78 Å². The first-order valence-electron chi connectivity index (χ1n) is 7.43. The molecule has 0 radical (unpaired) electrons. The normalized spacial score (nSPS) is 12.6. The van der Waals surface area contributed by atoms with Gasteiger partial charge in [0.1, 0.15) is 5.75 Å². The Hall–Kier alpha value is -2.50. The number of ether oxygens (including phenoxy) is 1. The summed E-state index contributed by atoms with van der Waals surface area (Å²) in [5, 5.41) is 8.90. The van der Waals surface area contributed by atoms with E-state index in [1.54, 1.807) is 13.0 Å². The number of benzene rings is 2. The van der Waals surface area contributed by atoms with Crippen molar-refractivity contribution in [2.45, 2.75) is 30.9 Å². The van der Waals surface area contributed by atoms with Crippen LogP contribution in [-0.4, -0.2) is 15.0 Å². The molecule has 0 heterocycles. The molecule has 2 aromatic carbocycles. The van der Waals surface area contributed by atoms with E-state index in [9.17, 15) is 17.2 Å². The number of nitrogens with zero attached hydrogens (tertiary/aromatic N) is 1. The van der Waals surface area contributed by atoms with Crippen molar-refractivity contribution < 1.29 is 21.9 Å². The van der Waals surface area contributed by atoms with Crippen molar-refractivity contribution in [1.82, 2.24) is 4.72 Å². The van der Waals surface area contributed by atoms with E-state index in [1.165, 1.54) is 42.5 Å². The van der Waals surface area contributed by atoms with Crippen molar-refractivity contribution >= 4 is 10.0 Å². The fourth-order valence-corrected chi connectivity index (χ4v) is 3.67. The van der Waals surface area contributed by atoms with Crippen molar-refractivity contribution in [3.05, 3.63) is 59.7 Å².